The summed E-state index contributed by atoms with van der Waals surface area (Å²) < 4.78 is 5.21. The van der Waals surface area contributed by atoms with E-state index in [0.717, 1.165) is 31.5 Å². The Balaban J connectivity index is 1.89. The third kappa shape index (κ3) is 2.56. The summed E-state index contributed by atoms with van der Waals surface area (Å²) in [7, 11) is 0. The third-order valence-electron chi connectivity index (χ3n) is 3.45. The molecule has 5 heteroatoms. The van der Waals surface area contributed by atoms with E-state index in [2.05, 4.69) is 4.99 Å². The molecule has 0 bridgehead atoms. The molecule has 104 valence electrons. The van der Waals surface area contributed by atoms with Gasteiger partial charge in [-0.2, -0.15) is 0 Å². The van der Waals surface area contributed by atoms with Gasteiger partial charge in [-0.1, -0.05) is 29.8 Å². The highest BCUT2D eigenvalue weighted by Gasteiger charge is 2.29. The number of halogens is 1. The number of cyclic esters (lactones) is 1. The second kappa shape index (κ2) is 5.67. The number of carbonyl (C=O) groups excluding carboxylic acids is 1. The Morgan fingerprint density at radius 1 is 1.15 bits per heavy atom. The Kier molecular flexibility index (Phi) is 3.74. The van der Waals surface area contributed by atoms with Crippen molar-refractivity contribution >= 4 is 23.5 Å². The molecule has 0 aliphatic carbocycles. The lowest BCUT2D eigenvalue weighted by molar-refractivity contribution is -0.130. The average molecular weight is 291 g/mol. The number of esters is 1. The number of carbonyl (C=O) groups is 1. The molecule has 0 saturated carbocycles. The molecule has 0 unspecified atom stereocenters. The Morgan fingerprint density at radius 2 is 1.85 bits per heavy atom. The minimum absolute atomic E-state index is 0.215. The molecule has 2 aliphatic rings. The number of likely N-dealkylation sites (tertiary alicyclic amines) is 1. The Labute approximate surface area is 122 Å². The predicted octanol–water partition coefficient (Wildman–Crippen LogP) is 2.88. The molecule has 4 nitrogen and oxygen atoms in total. The van der Waals surface area contributed by atoms with Crippen molar-refractivity contribution in [3.8, 4) is 0 Å². The van der Waals surface area contributed by atoms with Gasteiger partial charge in [0, 0.05) is 18.7 Å². The number of hydrogen-bond donors (Lipinski definition) is 0. The van der Waals surface area contributed by atoms with Crippen molar-refractivity contribution in [1.29, 1.82) is 0 Å². The van der Waals surface area contributed by atoms with Gasteiger partial charge in [-0.05, 0) is 31.4 Å². The van der Waals surface area contributed by atoms with Gasteiger partial charge < -0.3 is 9.64 Å². The van der Waals surface area contributed by atoms with E-state index in [1.54, 1.807) is 0 Å². The second-order valence-electron chi connectivity index (χ2n) is 4.86. The monoisotopic (exact) mass is 290 g/mol. The summed E-state index contributed by atoms with van der Waals surface area (Å²) in [4.78, 5) is 18.2. The van der Waals surface area contributed by atoms with E-state index in [-0.39, 0.29) is 5.70 Å². The summed E-state index contributed by atoms with van der Waals surface area (Å²) >= 11 is 6.31. The first-order valence-electron chi connectivity index (χ1n) is 6.77. The van der Waals surface area contributed by atoms with Crippen LogP contribution in [-0.2, 0) is 9.53 Å². The van der Waals surface area contributed by atoms with Crippen LogP contribution in [0.3, 0.4) is 0 Å². The van der Waals surface area contributed by atoms with Gasteiger partial charge in [-0.15, -0.1) is 0 Å². The molecule has 0 amide bonds. The lowest BCUT2D eigenvalue weighted by Crippen LogP contribution is -2.28. The van der Waals surface area contributed by atoms with Crippen LogP contribution in [0, 0.1) is 0 Å². The van der Waals surface area contributed by atoms with Gasteiger partial charge >= 0.3 is 5.97 Å². The smallest absolute Gasteiger partial charge is 0.366 e. The molecule has 2 aliphatic heterocycles. The van der Waals surface area contributed by atoms with Crippen LogP contribution in [0.4, 0.5) is 0 Å². The summed E-state index contributed by atoms with van der Waals surface area (Å²) in [6.45, 7) is 1.73. The maximum atomic E-state index is 11.9. The number of ether oxygens (including phenoxy) is 1. The summed E-state index contributed by atoms with van der Waals surface area (Å²) in [5, 5.41) is 0.403. The van der Waals surface area contributed by atoms with Crippen molar-refractivity contribution in [3.63, 3.8) is 0 Å². The molecule has 1 aromatic carbocycles. The maximum absolute atomic E-state index is 11.9. The van der Waals surface area contributed by atoms with E-state index in [0.29, 0.717) is 11.1 Å². The standard InChI is InChI=1S/C15H15ClN2O2/c16-13(18-9-5-2-6-10-18)12-15(19)20-14(17-12)11-7-3-1-4-8-11/h1,3-4,7-8H,2,5-6,9-10H2/b13-12+. The van der Waals surface area contributed by atoms with Gasteiger partial charge in [0.15, 0.2) is 5.70 Å². The summed E-state index contributed by atoms with van der Waals surface area (Å²) in [6, 6.07) is 9.35. The first-order chi connectivity index (χ1) is 9.75. The lowest BCUT2D eigenvalue weighted by atomic mass is 10.1. The molecular formula is C15H15ClN2O2. The van der Waals surface area contributed by atoms with Crippen molar-refractivity contribution in [3.05, 3.63) is 46.7 Å². The van der Waals surface area contributed by atoms with Gasteiger partial charge in [0.2, 0.25) is 5.90 Å². The molecule has 0 aromatic heterocycles. The van der Waals surface area contributed by atoms with Crippen LogP contribution in [0.15, 0.2) is 46.2 Å². The SMILES string of the molecule is O=C1OC(c2ccccc2)=N/C1=C(\Cl)N1CCCCC1. The summed E-state index contributed by atoms with van der Waals surface area (Å²) in [6.07, 6.45) is 3.39. The van der Waals surface area contributed by atoms with Crippen LogP contribution >= 0.6 is 11.6 Å². The van der Waals surface area contributed by atoms with E-state index < -0.39 is 5.97 Å². The molecule has 1 saturated heterocycles. The van der Waals surface area contributed by atoms with Crippen molar-refractivity contribution in [2.45, 2.75) is 19.3 Å². The number of piperidine rings is 1. The number of benzene rings is 1. The van der Waals surface area contributed by atoms with E-state index >= 15 is 0 Å². The van der Waals surface area contributed by atoms with Gasteiger partial charge in [-0.3, -0.25) is 0 Å². The Bertz CT molecular complexity index is 575. The largest absolute Gasteiger partial charge is 0.402 e. The van der Waals surface area contributed by atoms with Gasteiger partial charge in [-0.25, -0.2) is 9.79 Å². The van der Waals surface area contributed by atoms with Gasteiger partial charge in [0.25, 0.3) is 0 Å². The highest BCUT2D eigenvalue weighted by Crippen LogP contribution is 2.26. The molecule has 2 heterocycles. The van der Waals surface area contributed by atoms with Crippen molar-refractivity contribution < 1.29 is 9.53 Å². The first kappa shape index (κ1) is 13.2. The molecular weight excluding hydrogens is 276 g/mol. The minimum atomic E-state index is -0.473. The molecule has 1 fully saturated rings. The first-order valence-corrected chi connectivity index (χ1v) is 7.14. The van der Waals surface area contributed by atoms with Gasteiger partial charge in [0.05, 0.1) is 0 Å². The summed E-state index contributed by atoms with van der Waals surface area (Å²) in [5.41, 5.74) is 0.992. The number of rotatable bonds is 2. The minimum Gasteiger partial charge on any atom is -0.402 e. The summed E-state index contributed by atoms with van der Waals surface area (Å²) in [5.74, 6) is -0.153. The normalized spacial score (nSPS) is 21.6. The fraction of sp³-hybridized carbons (Fsp3) is 0.333. The molecule has 0 N–H and O–H groups in total. The fourth-order valence-electron chi connectivity index (χ4n) is 2.38. The van der Waals surface area contributed by atoms with Crippen LogP contribution in [0.1, 0.15) is 24.8 Å². The molecule has 0 atom stereocenters. The number of nitrogens with zero attached hydrogens (tertiary/aromatic N) is 2. The van der Waals surface area contributed by atoms with Crippen molar-refractivity contribution in [2.24, 2.45) is 4.99 Å². The van der Waals surface area contributed by atoms with Crippen LogP contribution in [0.2, 0.25) is 0 Å². The van der Waals surface area contributed by atoms with Crippen LogP contribution in [0.25, 0.3) is 0 Å². The highest BCUT2D eigenvalue weighted by molar-refractivity contribution is 6.32. The van der Waals surface area contributed by atoms with Crippen LogP contribution < -0.4 is 0 Å². The van der Waals surface area contributed by atoms with Crippen molar-refractivity contribution in [2.75, 3.05) is 13.1 Å². The van der Waals surface area contributed by atoms with Crippen LogP contribution in [-0.4, -0.2) is 29.9 Å². The van der Waals surface area contributed by atoms with E-state index in [4.69, 9.17) is 16.3 Å². The zero-order valence-corrected chi connectivity index (χ0v) is 11.8. The highest BCUT2D eigenvalue weighted by atomic mass is 35.5. The van der Waals surface area contributed by atoms with Crippen molar-refractivity contribution in [1.82, 2.24) is 4.90 Å². The fourth-order valence-corrected chi connectivity index (χ4v) is 2.67. The second-order valence-corrected chi connectivity index (χ2v) is 5.22. The quantitative estimate of drug-likeness (QED) is 0.478. The van der Waals surface area contributed by atoms with E-state index in [1.165, 1.54) is 6.42 Å². The zero-order valence-electron chi connectivity index (χ0n) is 11.0. The Morgan fingerprint density at radius 3 is 2.55 bits per heavy atom. The van der Waals surface area contributed by atoms with E-state index in [1.807, 2.05) is 35.2 Å². The van der Waals surface area contributed by atoms with E-state index in [9.17, 15) is 4.79 Å². The molecule has 20 heavy (non-hydrogen) atoms. The molecule has 1 aromatic rings. The molecule has 0 spiro atoms. The Hall–Kier alpha value is -1.81. The maximum Gasteiger partial charge on any atom is 0.366 e. The number of hydrogen-bond acceptors (Lipinski definition) is 4. The average Bonchev–Trinajstić information content (AvgIpc) is 2.90. The number of aliphatic imine (C=N–C) groups is 1. The topological polar surface area (TPSA) is 41.9 Å². The third-order valence-corrected chi connectivity index (χ3v) is 3.86. The zero-order chi connectivity index (χ0) is 13.9. The van der Waals surface area contributed by atoms with Gasteiger partial charge in [0.1, 0.15) is 5.16 Å². The molecule has 3 rings (SSSR count). The van der Waals surface area contributed by atoms with Crippen LogP contribution in [0.5, 0.6) is 0 Å². The lowest BCUT2D eigenvalue weighted by Gasteiger charge is -2.27. The predicted molar refractivity (Wildman–Crippen MR) is 77.4 cm³/mol. The molecule has 0 radical (unpaired) electrons.